The maximum Gasteiger partial charge on any atom is 0.345 e. The van der Waals surface area contributed by atoms with Crippen molar-refractivity contribution in [1.29, 1.82) is 5.26 Å². The standard InChI is InChI=1S/C23H13ClFN3O5/c24-19-8-5-14(28(30)31)9-17(19)23(29)32-15-6-7-16-20(10-15)33-22(27)18(11-26)21(16)12-1-3-13(25)4-2-12/h1-10,21H,27H2. The van der Waals surface area contributed by atoms with Crippen molar-refractivity contribution in [3.8, 4) is 17.6 Å². The minimum atomic E-state index is -0.907. The van der Waals surface area contributed by atoms with Gasteiger partial charge in [-0.15, -0.1) is 0 Å². The Morgan fingerprint density at radius 3 is 2.58 bits per heavy atom. The van der Waals surface area contributed by atoms with Crippen molar-refractivity contribution in [1.82, 2.24) is 0 Å². The Morgan fingerprint density at radius 2 is 1.91 bits per heavy atom. The zero-order valence-electron chi connectivity index (χ0n) is 16.6. The van der Waals surface area contributed by atoms with Gasteiger partial charge in [0.1, 0.15) is 29.0 Å². The first-order chi connectivity index (χ1) is 15.8. The molecule has 0 radical (unpaired) electrons. The number of halogens is 2. The third kappa shape index (κ3) is 4.20. The molecule has 164 valence electrons. The second kappa shape index (κ2) is 8.61. The predicted octanol–water partition coefficient (Wildman–Crippen LogP) is 4.82. The average Bonchev–Trinajstić information content (AvgIpc) is 2.78. The van der Waals surface area contributed by atoms with Gasteiger partial charge in [-0.25, -0.2) is 9.18 Å². The first-order valence-corrected chi connectivity index (χ1v) is 9.79. The zero-order chi connectivity index (χ0) is 23.7. The summed E-state index contributed by atoms with van der Waals surface area (Å²) in [5, 5.41) is 20.6. The molecule has 1 aliphatic rings. The lowest BCUT2D eigenvalue weighted by atomic mass is 9.83. The van der Waals surface area contributed by atoms with E-state index in [0.717, 1.165) is 6.07 Å². The number of esters is 1. The number of carbonyl (C=O) groups is 1. The van der Waals surface area contributed by atoms with Gasteiger partial charge < -0.3 is 15.2 Å². The highest BCUT2D eigenvalue weighted by Gasteiger charge is 2.31. The summed E-state index contributed by atoms with van der Waals surface area (Å²) in [6, 6.07) is 15.5. The van der Waals surface area contributed by atoms with E-state index >= 15 is 0 Å². The van der Waals surface area contributed by atoms with Gasteiger partial charge in [0.05, 0.1) is 21.4 Å². The predicted molar refractivity (Wildman–Crippen MR) is 115 cm³/mol. The fourth-order valence-corrected chi connectivity index (χ4v) is 3.64. The molecular weight excluding hydrogens is 453 g/mol. The third-order valence-electron chi connectivity index (χ3n) is 4.99. The summed E-state index contributed by atoms with van der Waals surface area (Å²) in [6.45, 7) is 0. The number of nitriles is 1. The van der Waals surface area contributed by atoms with E-state index in [4.69, 9.17) is 26.8 Å². The maximum atomic E-state index is 13.4. The van der Waals surface area contributed by atoms with Crippen LogP contribution in [0, 0.1) is 27.3 Å². The van der Waals surface area contributed by atoms with Crippen molar-refractivity contribution in [2.45, 2.75) is 5.92 Å². The molecule has 3 aromatic carbocycles. The first-order valence-electron chi connectivity index (χ1n) is 9.41. The molecule has 1 unspecified atom stereocenters. The number of non-ortho nitro benzene ring substituents is 1. The second-order valence-corrected chi connectivity index (χ2v) is 7.39. The quantitative estimate of drug-likeness (QED) is 0.253. The van der Waals surface area contributed by atoms with Crippen LogP contribution in [0.4, 0.5) is 10.1 Å². The molecular formula is C23H13ClFN3O5. The highest BCUT2D eigenvalue weighted by atomic mass is 35.5. The van der Waals surface area contributed by atoms with Crippen LogP contribution in [-0.2, 0) is 0 Å². The normalized spacial score (nSPS) is 14.6. The van der Waals surface area contributed by atoms with Gasteiger partial charge >= 0.3 is 5.97 Å². The molecule has 1 atom stereocenters. The van der Waals surface area contributed by atoms with Crippen LogP contribution in [0.5, 0.6) is 11.5 Å². The molecule has 3 aromatic rings. The number of nitrogens with two attached hydrogens (primary N) is 1. The minimum absolute atomic E-state index is 0.0120. The molecule has 10 heteroatoms. The van der Waals surface area contributed by atoms with E-state index in [1.54, 1.807) is 6.07 Å². The summed E-state index contributed by atoms with van der Waals surface area (Å²) in [4.78, 5) is 22.9. The zero-order valence-corrected chi connectivity index (χ0v) is 17.4. The molecule has 0 amide bonds. The van der Waals surface area contributed by atoms with Gasteiger partial charge in [-0.2, -0.15) is 5.26 Å². The van der Waals surface area contributed by atoms with Gasteiger partial charge in [-0.3, -0.25) is 10.1 Å². The summed E-state index contributed by atoms with van der Waals surface area (Å²) in [5.41, 5.74) is 6.77. The molecule has 0 aromatic heterocycles. The summed E-state index contributed by atoms with van der Waals surface area (Å²) in [5.74, 6) is -1.79. The summed E-state index contributed by atoms with van der Waals surface area (Å²) in [6.07, 6.45) is 0. The number of hydrogen-bond acceptors (Lipinski definition) is 7. The number of allylic oxidation sites excluding steroid dienone is 1. The lowest BCUT2D eigenvalue weighted by Gasteiger charge is -2.26. The van der Waals surface area contributed by atoms with Crippen molar-refractivity contribution in [2.75, 3.05) is 0 Å². The van der Waals surface area contributed by atoms with Gasteiger partial charge in [0.15, 0.2) is 0 Å². The van der Waals surface area contributed by atoms with Gasteiger partial charge in [-0.05, 0) is 29.8 Å². The van der Waals surface area contributed by atoms with Gasteiger partial charge in [-0.1, -0.05) is 29.8 Å². The smallest absolute Gasteiger partial charge is 0.345 e. The Kier molecular flexibility index (Phi) is 5.69. The van der Waals surface area contributed by atoms with Crippen molar-refractivity contribution in [2.24, 2.45) is 5.73 Å². The number of hydrogen-bond donors (Lipinski definition) is 1. The van der Waals surface area contributed by atoms with Gasteiger partial charge in [0, 0.05) is 23.8 Å². The molecule has 1 aliphatic heterocycles. The van der Waals surface area contributed by atoms with E-state index in [1.165, 1.54) is 48.5 Å². The number of rotatable bonds is 4. The van der Waals surface area contributed by atoms with Crippen molar-refractivity contribution < 1.29 is 23.6 Å². The molecule has 0 spiro atoms. The molecule has 2 N–H and O–H groups in total. The van der Waals surface area contributed by atoms with Crippen LogP contribution in [-0.4, -0.2) is 10.9 Å². The van der Waals surface area contributed by atoms with Crippen molar-refractivity contribution in [3.63, 3.8) is 0 Å². The molecule has 0 aliphatic carbocycles. The Bertz CT molecular complexity index is 1370. The maximum absolute atomic E-state index is 13.4. The average molecular weight is 466 g/mol. The molecule has 33 heavy (non-hydrogen) atoms. The Labute approximate surface area is 191 Å². The molecule has 0 saturated carbocycles. The van der Waals surface area contributed by atoms with E-state index in [2.05, 4.69) is 0 Å². The van der Waals surface area contributed by atoms with E-state index < -0.39 is 22.6 Å². The third-order valence-corrected chi connectivity index (χ3v) is 5.31. The molecule has 0 fully saturated rings. The number of nitro groups is 1. The minimum Gasteiger partial charge on any atom is -0.440 e. The first kappa shape index (κ1) is 21.8. The summed E-state index contributed by atoms with van der Waals surface area (Å²) in [7, 11) is 0. The Morgan fingerprint density at radius 1 is 1.18 bits per heavy atom. The van der Waals surface area contributed by atoms with Crippen molar-refractivity contribution in [3.05, 3.63) is 110 Å². The number of carbonyl (C=O) groups excluding carboxylic acids is 1. The van der Waals surface area contributed by atoms with Crippen LogP contribution < -0.4 is 15.2 Å². The fourth-order valence-electron chi connectivity index (χ4n) is 3.44. The largest absolute Gasteiger partial charge is 0.440 e. The number of nitro benzene ring substituents is 1. The molecule has 1 heterocycles. The number of benzene rings is 3. The number of fused-ring (bicyclic) bond motifs is 1. The molecule has 4 rings (SSSR count). The monoisotopic (exact) mass is 465 g/mol. The van der Waals surface area contributed by atoms with Crippen LogP contribution in [0.3, 0.4) is 0 Å². The van der Waals surface area contributed by atoms with Crippen LogP contribution in [0.1, 0.15) is 27.4 Å². The summed E-state index contributed by atoms with van der Waals surface area (Å²) >= 11 is 6.00. The second-order valence-electron chi connectivity index (χ2n) is 6.99. The molecule has 0 bridgehead atoms. The summed E-state index contributed by atoms with van der Waals surface area (Å²) < 4.78 is 24.3. The Hall–Kier alpha value is -4.42. The number of ether oxygens (including phenoxy) is 2. The van der Waals surface area contributed by atoms with Crippen molar-refractivity contribution >= 4 is 23.3 Å². The van der Waals surface area contributed by atoms with Crippen LogP contribution in [0.25, 0.3) is 0 Å². The van der Waals surface area contributed by atoms with Gasteiger partial charge in [0.25, 0.3) is 5.69 Å². The van der Waals surface area contributed by atoms with Crippen LogP contribution >= 0.6 is 11.6 Å². The van der Waals surface area contributed by atoms with E-state index in [9.17, 15) is 24.6 Å². The fraction of sp³-hybridized carbons (Fsp3) is 0.0435. The highest BCUT2D eigenvalue weighted by Crippen LogP contribution is 2.43. The van der Waals surface area contributed by atoms with Crippen LogP contribution in [0.15, 0.2) is 72.1 Å². The van der Waals surface area contributed by atoms with Gasteiger partial charge in [0.2, 0.25) is 5.88 Å². The SMILES string of the molecule is N#CC1=C(N)Oc2cc(OC(=O)c3cc([N+](=O)[O-])ccc3Cl)ccc2C1c1ccc(F)cc1. The topological polar surface area (TPSA) is 128 Å². The highest BCUT2D eigenvalue weighted by molar-refractivity contribution is 6.33. The Balaban J connectivity index is 1.68. The van der Waals surface area contributed by atoms with Crippen LogP contribution in [0.2, 0.25) is 5.02 Å². The lowest BCUT2D eigenvalue weighted by Crippen LogP contribution is -2.21. The molecule has 0 saturated heterocycles. The molecule has 8 nitrogen and oxygen atoms in total. The lowest BCUT2D eigenvalue weighted by molar-refractivity contribution is -0.384. The van der Waals surface area contributed by atoms with E-state index in [-0.39, 0.29) is 39.2 Å². The van der Waals surface area contributed by atoms with E-state index in [0.29, 0.717) is 11.1 Å². The van der Waals surface area contributed by atoms with E-state index in [1.807, 2.05) is 6.07 Å². The number of nitrogens with zero attached hydrogens (tertiary/aromatic N) is 2.